The lowest BCUT2D eigenvalue weighted by molar-refractivity contribution is -0.119. The number of hydrogen-bond acceptors (Lipinski definition) is 3. The molecule has 1 aliphatic heterocycles. The molecule has 2 amide bonds. The molecule has 1 atom stereocenters. The first-order valence-electron chi connectivity index (χ1n) is 10.0. The predicted molar refractivity (Wildman–Crippen MR) is 121 cm³/mol. The average molecular weight is 408 g/mol. The Balaban J connectivity index is 1.31. The number of imidazole rings is 1. The van der Waals surface area contributed by atoms with Gasteiger partial charge in [0.15, 0.2) is 0 Å². The van der Waals surface area contributed by atoms with Crippen LogP contribution < -0.4 is 5.32 Å². The fraction of sp³-hybridized carbons (Fsp3) is 0.0800. The summed E-state index contributed by atoms with van der Waals surface area (Å²) in [5.74, 6) is 0.284. The Bertz CT molecular complexity index is 1270. The van der Waals surface area contributed by atoms with Crippen LogP contribution in [0, 0.1) is 0 Å². The molecule has 4 aromatic rings. The molecule has 6 heteroatoms. The van der Waals surface area contributed by atoms with Gasteiger partial charge < -0.3 is 10.3 Å². The number of anilines is 1. The first kappa shape index (κ1) is 18.8. The lowest BCUT2D eigenvalue weighted by Crippen LogP contribution is -2.41. The minimum atomic E-state index is -0.692. The number of amides is 2. The van der Waals surface area contributed by atoms with Crippen molar-refractivity contribution < 1.29 is 9.59 Å². The molecule has 2 heterocycles. The minimum Gasteiger partial charge on any atom is -0.338 e. The number of aromatic nitrogens is 2. The van der Waals surface area contributed by atoms with Crippen molar-refractivity contribution in [2.45, 2.75) is 13.0 Å². The standard InChI is InChI=1S/C25H20N4O2/c1-15-19-7-3-4-8-20(19)25(31)29(15)16(2)24(30)26-18-13-11-17(12-14-18)23-27-21-9-5-6-10-22(21)28-23/h3-14,16H,1H2,2H3,(H,26,30)(H,27,28). The molecule has 152 valence electrons. The van der Waals surface area contributed by atoms with Crippen LogP contribution in [0.5, 0.6) is 0 Å². The van der Waals surface area contributed by atoms with Gasteiger partial charge in [0.25, 0.3) is 5.91 Å². The Morgan fingerprint density at radius 2 is 1.68 bits per heavy atom. The molecule has 0 saturated heterocycles. The number of carbonyl (C=O) groups is 2. The van der Waals surface area contributed by atoms with Crippen LogP contribution in [-0.2, 0) is 4.79 Å². The quantitative estimate of drug-likeness (QED) is 0.514. The summed E-state index contributed by atoms with van der Waals surface area (Å²) in [6.45, 7) is 5.72. The fourth-order valence-corrected chi connectivity index (χ4v) is 3.88. The van der Waals surface area contributed by atoms with Crippen LogP contribution >= 0.6 is 0 Å². The molecule has 0 aliphatic carbocycles. The van der Waals surface area contributed by atoms with Crippen LogP contribution in [0.1, 0.15) is 22.8 Å². The molecular formula is C25H20N4O2. The fourth-order valence-electron chi connectivity index (χ4n) is 3.88. The number of benzene rings is 3. The lowest BCUT2D eigenvalue weighted by Gasteiger charge is -2.24. The van der Waals surface area contributed by atoms with Crippen LogP contribution in [0.4, 0.5) is 5.69 Å². The van der Waals surface area contributed by atoms with E-state index in [4.69, 9.17) is 0 Å². The Kier molecular flexibility index (Phi) is 4.40. The number of fused-ring (bicyclic) bond motifs is 2. The van der Waals surface area contributed by atoms with Gasteiger partial charge >= 0.3 is 0 Å². The van der Waals surface area contributed by atoms with E-state index in [2.05, 4.69) is 21.9 Å². The van der Waals surface area contributed by atoms with E-state index in [0.29, 0.717) is 16.9 Å². The van der Waals surface area contributed by atoms with E-state index in [-0.39, 0.29) is 11.8 Å². The van der Waals surface area contributed by atoms with Gasteiger partial charge in [-0.2, -0.15) is 0 Å². The monoisotopic (exact) mass is 408 g/mol. The van der Waals surface area contributed by atoms with Gasteiger partial charge in [0, 0.05) is 28.1 Å². The summed E-state index contributed by atoms with van der Waals surface area (Å²) in [5, 5.41) is 2.89. The third-order valence-electron chi connectivity index (χ3n) is 5.56. The van der Waals surface area contributed by atoms with Crippen LogP contribution in [0.25, 0.3) is 28.1 Å². The molecule has 31 heavy (non-hydrogen) atoms. The van der Waals surface area contributed by atoms with E-state index in [9.17, 15) is 9.59 Å². The number of nitrogens with zero attached hydrogens (tertiary/aromatic N) is 2. The van der Waals surface area contributed by atoms with Gasteiger partial charge in [-0.15, -0.1) is 0 Å². The molecule has 0 radical (unpaired) electrons. The van der Waals surface area contributed by atoms with Gasteiger partial charge in [-0.05, 0) is 49.4 Å². The van der Waals surface area contributed by atoms with Crippen LogP contribution in [0.15, 0.2) is 79.4 Å². The van der Waals surface area contributed by atoms with Crippen molar-refractivity contribution in [2.24, 2.45) is 0 Å². The molecule has 1 aromatic heterocycles. The van der Waals surface area contributed by atoms with Crippen LogP contribution in [0.3, 0.4) is 0 Å². The number of para-hydroxylation sites is 2. The first-order valence-corrected chi connectivity index (χ1v) is 10.0. The van der Waals surface area contributed by atoms with Gasteiger partial charge in [-0.1, -0.05) is 36.9 Å². The van der Waals surface area contributed by atoms with Crippen molar-refractivity contribution in [2.75, 3.05) is 5.32 Å². The number of aromatic amines is 1. The largest absolute Gasteiger partial charge is 0.338 e. The normalized spacial score (nSPS) is 14.0. The van der Waals surface area contributed by atoms with Crippen molar-refractivity contribution in [3.63, 3.8) is 0 Å². The van der Waals surface area contributed by atoms with Crippen molar-refractivity contribution >= 4 is 34.2 Å². The maximum atomic E-state index is 12.8. The predicted octanol–water partition coefficient (Wildman–Crippen LogP) is 4.68. The highest BCUT2D eigenvalue weighted by atomic mass is 16.2. The summed E-state index contributed by atoms with van der Waals surface area (Å²) in [5.41, 5.74) is 5.32. The van der Waals surface area contributed by atoms with Gasteiger partial charge in [0.05, 0.1) is 11.0 Å². The van der Waals surface area contributed by atoms with Crippen molar-refractivity contribution in [1.82, 2.24) is 14.9 Å². The minimum absolute atomic E-state index is 0.205. The highest BCUT2D eigenvalue weighted by Crippen LogP contribution is 2.33. The molecule has 0 fully saturated rings. The molecule has 1 unspecified atom stereocenters. The Labute approximate surface area is 179 Å². The van der Waals surface area contributed by atoms with E-state index in [1.807, 2.05) is 66.7 Å². The summed E-state index contributed by atoms with van der Waals surface area (Å²) >= 11 is 0. The summed E-state index contributed by atoms with van der Waals surface area (Å²) in [6.07, 6.45) is 0. The number of rotatable bonds is 4. The summed E-state index contributed by atoms with van der Waals surface area (Å²) in [6, 6.07) is 21.9. The van der Waals surface area contributed by atoms with Crippen LogP contribution in [-0.4, -0.2) is 32.7 Å². The average Bonchev–Trinajstić information content (AvgIpc) is 3.33. The zero-order valence-electron chi connectivity index (χ0n) is 16.9. The molecule has 5 rings (SSSR count). The first-order chi connectivity index (χ1) is 15.0. The second kappa shape index (κ2) is 7.25. The Morgan fingerprint density at radius 1 is 1.00 bits per heavy atom. The zero-order chi connectivity index (χ0) is 21.5. The SMILES string of the molecule is C=C1c2ccccc2C(=O)N1C(C)C(=O)Nc1ccc(-c2nc3ccccc3[nH]2)cc1. The summed E-state index contributed by atoms with van der Waals surface area (Å²) in [4.78, 5) is 34.9. The van der Waals surface area contributed by atoms with Gasteiger partial charge in [0.1, 0.15) is 11.9 Å². The number of carbonyl (C=O) groups excluding carboxylic acids is 2. The molecular weight excluding hydrogens is 388 g/mol. The second-order valence-electron chi connectivity index (χ2n) is 7.51. The highest BCUT2D eigenvalue weighted by molar-refractivity contribution is 6.11. The second-order valence-corrected chi connectivity index (χ2v) is 7.51. The third-order valence-corrected chi connectivity index (χ3v) is 5.56. The Hall–Kier alpha value is -4.19. The molecule has 0 bridgehead atoms. The maximum Gasteiger partial charge on any atom is 0.259 e. The van der Waals surface area contributed by atoms with Crippen LogP contribution in [0.2, 0.25) is 0 Å². The topological polar surface area (TPSA) is 78.1 Å². The molecule has 0 spiro atoms. The van der Waals surface area contributed by atoms with E-state index >= 15 is 0 Å². The number of H-pyrrole nitrogens is 1. The summed E-state index contributed by atoms with van der Waals surface area (Å²) < 4.78 is 0. The van der Waals surface area contributed by atoms with E-state index in [0.717, 1.165) is 28.0 Å². The van der Waals surface area contributed by atoms with Gasteiger partial charge in [-0.25, -0.2) is 4.98 Å². The zero-order valence-corrected chi connectivity index (χ0v) is 16.9. The van der Waals surface area contributed by atoms with Crippen molar-refractivity contribution in [1.29, 1.82) is 0 Å². The molecule has 1 aliphatic rings. The van der Waals surface area contributed by atoms with E-state index in [1.165, 1.54) is 4.90 Å². The van der Waals surface area contributed by atoms with Crippen molar-refractivity contribution in [3.8, 4) is 11.4 Å². The smallest absolute Gasteiger partial charge is 0.259 e. The summed E-state index contributed by atoms with van der Waals surface area (Å²) in [7, 11) is 0. The maximum absolute atomic E-state index is 12.8. The lowest BCUT2D eigenvalue weighted by atomic mass is 10.1. The van der Waals surface area contributed by atoms with E-state index < -0.39 is 6.04 Å². The molecule has 0 saturated carbocycles. The molecule has 6 nitrogen and oxygen atoms in total. The van der Waals surface area contributed by atoms with Crippen molar-refractivity contribution in [3.05, 3.63) is 90.5 Å². The molecule has 3 aromatic carbocycles. The highest BCUT2D eigenvalue weighted by Gasteiger charge is 2.36. The van der Waals surface area contributed by atoms with Gasteiger partial charge in [0.2, 0.25) is 5.91 Å². The molecule has 2 N–H and O–H groups in total. The number of hydrogen-bond donors (Lipinski definition) is 2. The van der Waals surface area contributed by atoms with Gasteiger partial charge in [-0.3, -0.25) is 14.5 Å². The third kappa shape index (κ3) is 3.18. The van der Waals surface area contributed by atoms with E-state index in [1.54, 1.807) is 13.0 Å². The number of nitrogens with one attached hydrogen (secondary N) is 2. The Morgan fingerprint density at radius 3 is 2.39 bits per heavy atom.